The van der Waals surface area contributed by atoms with Crippen LogP contribution in [0.5, 0.6) is 0 Å². The van der Waals surface area contributed by atoms with Gasteiger partial charge < -0.3 is 15.4 Å². The first-order valence-electron chi connectivity index (χ1n) is 9.72. The maximum Gasteiger partial charge on any atom is 0.339 e. The van der Waals surface area contributed by atoms with Crippen molar-refractivity contribution in [2.24, 2.45) is 11.8 Å². The number of esters is 1. The number of ether oxygens (including phenoxy) is 1. The van der Waals surface area contributed by atoms with Crippen molar-refractivity contribution in [2.75, 3.05) is 17.7 Å². The van der Waals surface area contributed by atoms with Gasteiger partial charge in [0.05, 0.1) is 30.2 Å². The summed E-state index contributed by atoms with van der Waals surface area (Å²) < 4.78 is 4.75. The SMILES string of the molecule is COC(=O)c1ccccc1NC(=O)C1CC1C(=O)Nc1c(C)cccc1C(C)C. The molecule has 0 aromatic heterocycles. The van der Waals surface area contributed by atoms with E-state index < -0.39 is 11.9 Å². The van der Waals surface area contributed by atoms with Crippen LogP contribution in [0.2, 0.25) is 0 Å². The van der Waals surface area contributed by atoms with Crippen LogP contribution in [0.25, 0.3) is 0 Å². The highest BCUT2D eigenvalue weighted by molar-refractivity contribution is 6.06. The Morgan fingerprint density at radius 2 is 1.62 bits per heavy atom. The first-order valence-corrected chi connectivity index (χ1v) is 9.72. The van der Waals surface area contributed by atoms with Crippen molar-refractivity contribution in [2.45, 2.75) is 33.1 Å². The van der Waals surface area contributed by atoms with Crippen molar-refractivity contribution in [3.8, 4) is 0 Å². The number of rotatable bonds is 6. The molecule has 1 aliphatic rings. The Labute approximate surface area is 170 Å². The number of carbonyl (C=O) groups excluding carboxylic acids is 3. The average molecular weight is 394 g/mol. The van der Waals surface area contributed by atoms with E-state index >= 15 is 0 Å². The Balaban J connectivity index is 1.67. The van der Waals surface area contributed by atoms with E-state index in [0.717, 1.165) is 16.8 Å². The van der Waals surface area contributed by atoms with Crippen LogP contribution in [0.15, 0.2) is 42.5 Å². The quantitative estimate of drug-likeness (QED) is 0.722. The minimum absolute atomic E-state index is 0.150. The molecule has 1 aliphatic carbocycles. The van der Waals surface area contributed by atoms with Gasteiger partial charge in [0.1, 0.15) is 0 Å². The van der Waals surface area contributed by atoms with E-state index in [1.165, 1.54) is 7.11 Å². The predicted molar refractivity (Wildman–Crippen MR) is 112 cm³/mol. The van der Waals surface area contributed by atoms with E-state index in [1.54, 1.807) is 24.3 Å². The van der Waals surface area contributed by atoms with Crippen LogP contribution < -0.4 is 10.6 Å². The molecule has 2 N–H and O–H groups in total. The zero-order valence-corrected chi connectivity index (χ0v) is 17.1. The molecule has 1 saturated carbocycles. The molecule has 2 atom stereocenters. The van der Waals surface area contributed by atoms with Gasteiger partial charge in [-0.15, -0.1) is 0 Å². The van der Waals surface area contributed by atoms with E-state index in [-0.39, 0.29) is 29.2 Å². The van der Waals surface area contributed by atoms with Crippen LogP contribution in [0.1, 0.15) is 47.7 Å². The van der Waals surface area contributed by atoms with Gasteiger partial charge in [-0.1, -0.05) is 44.2 Å². The highest BCUT2D eigenvalue weighted by atomic mass is 16.5. The van der Waals surface area contributed by atoms with Crippen molar-refractivity contribution >= 4 is 29.2 Å². The standard InChI is InChI=1S/C23H26N2O4/c1-13(2)15-10-7-8-14(3)20(15)25-22(27)18-12-17(18)21(26)24-19-11-6-5-9-16(19)23(28)29-4/h5-11,13,17-18H,12H2,1-4H3,(H,24,26)(H,25,27). The van der Waals surface area contributed by atoms with Crippen LogP contribution in [-0.4, -0.2) is 24.9 Å². The largest absolute Gasteiger partial charge is 0.465 e. The zero-order valence-electron chi connectivity index (χ0n) is 17.1. The van der Waals surface area contributed by atoms with E-state index in [4.69, 9.17) is 4.74 Å². The number of hydrogen-bond donors (Lipinski definition) is 2. The van der Waals surface area contributed by atoms with Gasteiger partial charge >= 0.3 is 5.97 Å². The predicted octanol–water partition coefficient (Wildman–Crippen LogP) is 4.12. The third kappa shape index (κ3) is 4.47. The van der Waals surface area contributed by atoms with Crippen LogP contribution in [0.4, 0.5) is 11.4 Å². The lowest BCUT2D eigenvalue weighted by Crippen LogP contribution is -2.22. The number of hydrogen-bond acceptors (Lipinski definition) is 4. The molecule has 2 amide bonds. The maximum absolute atomic E-state index is 12.7. The van der Waals surface area contributed by atoms with Crippen molar-refractivity contribution in [1.29, 1.82) is 0 Å². The Morgan fingerprint density at radius 3 is 2.28 bits per heavy atom. The van der Waals surface area contributed by atoms with E-state index in [2.05, 4.69) is 24.5 Å². The van der Waals surface area contributed by atoms with Crippen molar-refractivity contribution < 1.29 is 19.1 Å². The summed E-state index contributed by atoms with van der Waals surface area (Å²) in [4.78, 5) is 37.2. The second-order valence-electron chi connectivity index (χ2n) is 7.66. The summed E-state index contributed by atoms with van der Waals surface area (Å²) in [5, 5.41) is 5.77. The summed E-state index contributed by atoms with van der Waals surface area (Å²) in [6.45, 7) is 6.12. The van der Waals surface area contributed by atoms with Crippen LogP contribution in [0.3, 0.4) is 0 Å². The van der Waals surface area contributed by atoms with Gasteiger partial charge in [-0.2, -0.15) is 0 Å². The minimum Gasteiger partial charge on any atom is -0.465 e. The van der Waals surface area contributed by atoms with Gasteiger partial charge in [-0.25, -0.2) is 4.79 Å². The number of methoxy groups -OCH3 is 1. The number of carbonyl (C=O) groups is 3. The molecule has 0 aliphatic heterocycles. The summed E-state index contributed by atoms with van der Waals surface area (Å²) in [6, 6.07) is 12.6. The Morgan fingerprint density at radius 1 is 0.966 bits per heavy atom. The van der Waals surface area contributed by atoms with Gasteiger partial charge in [-0.05, 0) is 42.5 Å². The molecular weight excluding hydrogens is 368 g/mol. The molecule has 0 bridgehead atoms. The minimum atomic E-state index is -0.522. The van der Waals surface area contributed by atoms with Crippen molar-refractivity contribution in [3.63, 3.8) is 0 Å². The number of nitrogens with one attached hydrogen (secondary N) is 2. The van der Waals surface area contributed by atoms with E-state index in [9.17, 15) is 14.4 Å². The lowest BCUT2D eigenvalue weighted by Gasteiger charge is -2.16. The fraction of sp³-hybridized carbons (Fsp3) is 0.348. The molecule has 2 aromatic carbocycles. The monoisotopic (exact) mass is 394 g/mol. The van der Waals surface area contributed by atoms with E-state index in [0.29, 0.717) is 12.1 Å². The Hall–Kier alpha value is -3.15. The highest BCUT2D eigenvalue weighted by Gasteiger charge is 2.48. The first-order chi connectivity index (χ1) is 13.8. The Kier molecular flexibility index (Phi) is 6.01. The number of para-hydroxylation sites is 2. The second-order valence-corrected chi connectivity index (χ2v) is 7.66. The normalized spacial score (nSPS) is 17.6. The molecule has 2 aromatic rings. The van der Waals surface area contributed by atoms with Crippen molar-refractivity contribution in [3.05, 3.63) is 59.2 Å². The smallest absolute Gasteiger partial charge is 0.339 e. The lowest BCUT2D eigenvalue weighted by molar-refractivity contribution is -0.122. The average Bonchev–Trinajstić information content (AvgIpc) is 3.50. The van der Waals surface area contributed by atoms with Gasteiger partial charge in [0.25, 0.3) is 0 Å². The molecule has 29 heavy (non-hydrogen) atoms. The fourth-order valence-electron chi connectivity index (χ4n) is 3.44. The number of amides is 2. The number of aryl methyl sites for hydroxylation is 1. The summed E-state index contributed by atoms with van der Waals surface area (Å²) in [5.74, 6) is -1.45. The fourth-order valence-corrected chi connectivity index (χ4v) is 3.44. The molecule has 2 unspecified atom stereocenters. The number of benzene rings is 2. The molecule has 6 nitrogen and oxygen atoms in total. The molecule has 3 rings (SSSR count). The summed E-state index contributed by atoms with van der Waals surface area (Å²) in [6.07, 6.45) is 0.487. The Bertz CT molecular complexity index is 952. The van der Waals surface area contributed by atoms with Crippen LogP contribution in [-0.2, 0) is 14.3 Å². The molecule has 0 radical (unpaired) electrons. The maximum atomic E-state index is 12.7. The van der Waals surface area contributed by atoms with Crippen molar-refractivity contribution in [1.82, 2.24) is 0 Å². The third-order valence-electron chi connectivity index (χ3n) is 5.23. The van der Waals surface area contributed by atoms with Gasteiger partial charge in [-0.3, -0.25) is 9.59 Å². The second kappa shape index (κ2) is 8.47. The summed E-state index contributed by atoms with van der Waals surface area (Å²) in [5.41, 5.74) is 3.57. The first kappa shape index (κ1) is 20.6. The van der Waals surface area contributed by atoms with Crippen LogP contribution in [0, 0.1) is 18.8 Å². The molecule has 152 valence electrons. The van der Waals surface area contributed by atoms with E-state index in [1.807, 2.05) is 25.1 Å². The summed E-state index contributed by atoms with van der Waals surface area (Å²) in [7, 11) is 1.29. The van der Waals surface area contributed by atoms with Gasteiger partial charge in [0.2, 0.25) is 11.8 Å². The molecule has 6 heteroatoms. The van der Waals surface area contributed by atoms with Crippen LogP contribution >= 0.6 is 0 Å². The molecular formula is C23H26N2O4. The topological polar surface area (TPSA) is 84.5 Å². The highest BCUT2D eigenvalue weighted by Crippen LogP contribution is 2.41. The third-order valence-corrected chi connectivity index (χ3v) is 5.23. The van der Waals surface area contributed by atoms with Gasteiger partial charge in [0.15, 0.2) is 0 Å². The van der Waals surface area contributed by atoms with Gasteiger partial charge in [0, 0.05) is 5.69 Å². The molecule has 0 heterocycles. The lowest BCUT2D eigenvalue weighted by atomic mass is 9.98. The summed E-state index contributed by atoms with van der Waals surface area (Å²) >= 11 is 0. The molecule has 0 saturated heterocycles. The molecule has 1 fully saturated rings. The number of anilines is 2. The molecule has 0 spiro atoms. The zero-order chi connectivity index (χ0) is 21.1.